The molecule has 0 unspecified atom stereocenters. The molecule has 0 saturated carbocycles. The molecule has 0 atom stereocenters. The van der Waals surface area contributed by atoms with Gasteiger partial charge in [-0.25, -0.2) is 8.42 Å². The SMILES string of the molecule is O=S(=O)(Nc1cccc2cccnc12)c1ccccc1I. The highest BCUT2D eigenvalue weighted by Gasteiger charge is 2.18. The van der Waals surface area contributed by atoms with Crippen molar-refractivity contribution >= 4 is 49.2 Å². The highest BCUT2D eigenvalue weighted by atomic mass is 127. The Labute approximate surface area is 136 Å². The van der Waals surface area contributed by atoms with Crippen LogP contribution in [0.3, 0.4) is 0 Å². The molecule has 0 amide bonds. The van der Waals surface area contributed by atoms with Crippen molar-refractivity contribution in [2.75, 3.05) is 4.72 Å². The average Bonchev–Trinajstić information content (AvgIpc) is 2.47. The Morgan fingerprint density at radius 3 is 2.52 bits per heavy atom. The lowest BCUT2D eigenvalue weighted by atomic mass is 10.2. The number of pyridine rings is 1. The first kappa shape index (κ1) is 14.3. The second-order valence-electron chi connectivity index (χ2n) is 4.42. The maximum absolute atomic E-state index is 12.5. The molecule has 3 aromatic rings. The van der Waals surface area contributed by atoms with E-state index in [1.165, 1.54) is 0 Å². The molecule has 0 bridgehead atoms. The molecule has 21 heavy (non-hydrogen) atoms. The van der Waals surface area contributed by atoms with Crippen molar-refractivity contribution in [3.8, 4) is 0 Å². The Bertz CT molecular complexity index is 905. The van der Waals surface area contributed by atoms with Gasteiger partial charge in [-0.1, -0.05) is 30.3 Å². The molecule has 1 heterocycles. The van der Waals surface area contributed by atoms with Crippen LogP contribution in [0, 0.1) is 3.57 Å². The summed E-state index contributed by atoms with van der Waals surface area (Å²) in [4.78, 5) is 4.52. The van der Waals surface area contributed by atoms with E-state index in [2.05, 4.69) is 9.71 Å². The second-order valence-corrected chi connectivity index (χ2v) is 7.23. The molecule has 0 radical (unpaired) electrons. The van der Waals surface area contributed by atoms with Gasteiger partial charge in [0.1, 0.15) is 4.90 Å². The summed E-state index contributed by atoms with van der Waals surface area (Å²) >= 11 is 2.01. The van der Waals surface area contributed by atoms with Gasteiger partial charge >= 0.3 is 0 Å². The van der Waals surface area contributed by atoms with Gasteiger partial charge in [0, 0.05) is 15.2 Å². The molecule has 0 spiro atoms. The van der Waals surface area contributed by atoms with Gasteiger partial charge in [0.25, 0.3) is 10.0 Å². The van der Waals surface area contributed by atoms with Crippen LogP contribution in [-0.2, 0) is 10.0 Å². The number of sulfonamides is 1. The number of nitrogens with zero attached hydrogens (tertiary/aromatic N) is 1. The fourth-order valence-corrected chi connectivity index (χ4v) is 4.45. The molecule has 0 saturated heterocycles. The Hall–Kier alpha value is -1.67. The summed E-state index contributed by atoms with van der Waals surface area (Å²) in [6.45, 7) is 0. The zero-order valence-electron chi connectivity index (χ0n) is 10.8. The number of fused-ring (bicyclic) bond motifs is 1. The highest BCUT2D eigenvalue weighted by Crippen LogP contribution is 2.25. The Kier molecular flexibility index (Phi) is 3.81. The molecule has 0 aliphatic heterocycles. The van der Waals surface area contributed by atoms with Crippen LogP contribution in [0.4, 0.5) is 5.69 Å². The van der Waals surface area contributed by atoms with Gasteiger partial charge in [-0.15, -0.1) is 0 Å². The summed E-state index contributed by atoms with van der Waals surface area (Å²) in [5, 5.41) is 0.889. The molecule has 106 valence electrons. The number of aromatic nitrogens is 1. The van der Waals surface area contributed by atoms with Gasteiger partial charge < -0.3 is 0 Å². The Morgan fingerprint density at radius 2 is 1.71 bits per heavy atom. The van der Waals surface area contributed by atoms with E-state index in [1.54, 1.807) is 42.6 Å². The molecular formula is C15H11IN2O2S. The van der Waals surface area contributed by atoms with Crippen molar-refractivity contribution in [3.63, 3.8) is 0 Å². The van der Waals surface area contributed by atoms with Gasteiger partial charge in [0.2, 0.25) is 0 Å². The topological polar surface area (TPSA) is 59.1 Å². The molecule has 1 N–H and O–H groups in total. The lowest BCUT2D eigenvalue weighted by molar-refractivity contribution is 0.600. The third-order valence-electron chi connectivity index (χ3n) is 3.00. The van der Waals surface area contributed by atoms with E-state index in [1.807, 2.05) is 40.8 Å². The molecule has 0 aliphatic rings. The summed E-state index contributed by atoms with van der Waals surface area (Å²) in [6, 6.07) is 16.0. The maximum Gasteiger partial charge on any atom is 0.263 e. The van der Waals surface area contributed by atoms with E-state index in [0.29, 0.717) is 14.8 Å². The predicted molar refractivity (Wildman–Crippen MR) is 91.7 cm³/mol. The van der Waals surface area contributed by atoms with Crippen LogP contribution >= 0.6 is 22.6 Å². The third kappa shape index (κ3) is 2.86. The Morgan fingerprint density at radius 1 is 0.952 bits per heavy atom. The zero-order chi connectivity index (χ0) is 14.9. The number of hydrogen-bond acceptors (Lipinski definition) is 3. The van der Waals surface area contributed by atoms with Gasteiger partial charge in [0.05, 0.1) is 11.2 Å². The largest absolute Gasteiger partial charge is 0.277 e. The lowest BCUT2D eigenvalue weighted by Crippen LogP contribution is -2.14. The van der Waals surface area contributed by atoms with Crippen LogP contribution in [0.25, 0.3) is 10.9 Å². The lowest BCUT2D eigenvalue weighted by Gasteiger charge is -2.11. The Balaban J connectivity index is 2.08. The fourth-order valence-electron chi connectivity index (χ4n) is 2.05. The number of anilines is 1. The van der Waals surface area contributed by atoms with Crippen molar-refractivity contribution in [1.82, 2.24) is 4.98 Å². The number of para-hydroxylation sites is 1. The molecular weight excluding hydrogens is 399 g/mol. The van der Waals surface area contributed by atoms with Crippen molar-refractivity contribution < 1.29 is 8.42 Å². The van der Waals surface area contributed by atoms with Crippen molar-refractivity contribution in [1.29, 1.82) is 0 Å². The quantitative estimate of drug-likeness (QED) is 0.671. The van der Waals surface area contributed by atoms with Crippen molar-refractivity contribution in [3.05, 3.63) is 64.4 Å². The monoisotopic (exact) mass is 410 g/mol. The van der Waals surface area contributed by atoms with E-state index < -0.39 is 10.0 Å². The van der Waals surface area contributed by atoms with Gasteiger partial charge in [-0.2, -0.15) is 0 Å². The number of rotatable bonds is 3. The number of benzene rings is 2. The summed E-state index contributed by atoms with van der Waals surface area (Å²) in [6.07, 6.45) is 1.65. The van der Waals surface area contributed by atoms with Crippen LogP contribution in [0.1, 0.15) is 0 Å². The molecule has 4 nitrogen and oxygen atoms in total. The van der Waals surface area contributed by atoms with Crippen LogP contribution in [0.5, 0.6) is 0 Å². The van der Waals surface area contributed by atoms with Crippen LogP contribution in [0.2, 0.25) is 0 Å². The number of nitrogens with one attached hydrogen (secondary N) is 1. The fraction of sp³-hybridized carbons (Fsp3) is 0. The van der Waals surface area contributed by atoms with E-state index in [0.717, 1.165) is 5.39 Å². The first-order chi connectivity index (χ1) is 10.1. The minimum Gasteiger partial charge on any atom is -0.277 e. The van der Waals surface area contributed by atoms with E-state index in [4.69, 9.17) is 0 Å². The molecule has 2 aromatic carbocycles. The van der Waals surface area contributed by atoms with E-state index in [-0.39, 0.29) is 4.90 Å². The number of halogens is 1. The van der Waals surface area contributed by atoms with Gasteiger partial charge in [-0.05, 0) is 46.9 Å². The van der Waals surface area contributed by atoms with Crippen LogP contribution < -0.4 is 4.72 Å². The second kappa shape index (κ2) is 5.61. The first-order valence-electron chi connectivity index (χ1n) is 6.19. The van der Waals surface area contributed by atoms with Crippen molar-refractivity contribution in [2.24, 2.45) is 0 Å². The summed E-state index contributed by atoms with van der Waals surface area (Å²) in [7, 11) is -3.63. The average molecular weight is 410 g/mol. The van der Waals surface area contributed by atoms with E-state index >= 15 is 0 Å². The standard InChI is InChI=1S/C15H11IN2O2S/c16-12-7-1-2-9-14(12)21(19,20)18-13-8-3-5-11-6-4-10-17-15(11)13/h1-10,18H. The molecule has 0 fully saturated rings. The molecule has 6 heteroatoms. The minimum absolute atomic E-state index is 0.263. The van der Waals surface area contributed by atoms with E-state index in [9.17, 15) is 8.42 Å². The molecule has 3 rings (SSSR count). The zero-order valence-corrected chi connectivity index (χ0v) is 13.8. The smallest absolute Gasteiger partial charge is 0.263 e. The highest BCUT2D eigenvalue weighted by molar-refractivity contribution is 14.1. The minimum atomic E-state index is -3.63. The van der Waals surface area contributed by atoms with Crippen molar-refractivity contribution in [2.45, 2.75) is 4.90 Å². The maximum atomic E-state index is 12.5. The molecule has 0 aliphatic carbocycles. The normalized spacial score (nSPS) is 11.5. The number of hydrogen-bond donors (Lipinski definition) is 1. The van der Waals surface area contributed by atoms with Crippen LogP contribution in [0.15, 0.2) is 65.7 Å². The molecule has 1 aromatic heterocycles. The predicted octanol–water partition coefficient (Wildman–Crippen LogP) is 3.64. The van der Waals surface area contributed by atoms with Gasteiger partial charge in [0.15, 0.2) is 0 Å². The van der Waals surface area contributed by atoms with Gasteiger partial charge in [-0.3, -0.25) is 9.71 Å². The first-order valence-corrected chi connectivity index (χ1v) is 8.75. The third-order valence-corrected chi connectivity index (χ3v) is 5.73. The summed E-state index contributed by atoms with van der Waals surface area (Å²) < 4.78 is 28.3. The summed E-state index contributed by atoms with van der Waals surface area (Å²) in [5.41, 5.74) is 1.11. The summed E-state index contributed by atoms with van der Waals surface area (Å²) in [5.74, 6) is 0. The van der Waals surface area contributed by atoms with Crippen LogP contribution in [-0.4, -0.2) is 13.4 Å².